The fourth-order valence-electron chi connectivity index (χ4n) is 10.7. The van der Waals surface area contributed by atoms with Gasteiger partial charge >= 0.3 is 0 Å². The average Bonchev–Trinajstić information content (AvgIpc) is 1.10. The number of rotatable bonds is 12. The molecule has 3 aromatic heterocycles. The van der Waals surface area contributed by atoms with E-state index in [1.54, 1.807) is 65.2 Å². The summed E-state index contributed by atoms with van der Waals surface area (Å²) in [7, 11) is 0. The van der Waals surface area contributed by atoms with Gasteiger partial charge in [-0.1, -0.05) is 232 Å². The van der Waals surface area contributed by atoms with Gasteiger partial charge in [0.2, 0.25) is 0 Å². The number of aryl methyl sites for hydroxylation is 1. The number of para-hydroxylation sites is 1. The van der Waals surface area contributed by atoms with Gasteiger partial charge in [-0.2, -0.15) is 18.2 Å². The van der Waals surface area contributed by atoms with Gasteiger partial charge in [0.15, 0.2) is 0 Å². The van der Waals surface area contributed by atoms with Crippen LogP contribution in [0.2, 0.25) is 0 Å². The number of ether oxygens (including phenoxy) is 1. The van der Waals surface area contributed by atoms with Crippen molar-refractivity contribution in [2.24, 2.45) is 0 Å². The van der Waals surface area contributed by atoms with Gasteiger partial charge in [-0.05, 0) is 155 Å². The fourth-order valence-corrected chi connectivity index (χ4v) is 10.7. The third-order valence-electron chi connectivity index (χ3n) is 14.8. The molecule has 89 heavy (non-hydrogen) atoms. The minimum Gasteiger partial charge on any atom is -0.510 e. The molecular weight excluding hydrogens is 1260 g/mol. The van der Waals surface area contributed by atoms with Crippen molar-refractivity contribution in [3.05, 3.63) is 320 Å². The van der Waals surface area contributed by atoms with Gasteiger partial charge in [-0.25, -0.2) is 4.98 Å². The number of pyridine rings is 1. The summed E-state index contributed by atoms with van der Waals surface area (Å²) in [4.78, 5) is 4.69. The Morgan fingerprint density at radius 1 is 0.472 bits per heavy atom. The second-order valence-corrected chi connectivity index (χ2v) is 21.3. The Kier molecular flexibility index (Phi) is 8.37. The molecule has 0 bridgehead atoms. The maximum Gasteiger partial charge on any atom is 0.268 e. The van der Waals surface area contributed by atoms with Crippen molar-refractivity contribution >= 4 is 32.8 Å². The van der Waals surface area contributed by atoms with Crippen LogP contribution in [0.3, 0.4) is 0 Å². The summed E-state index contributed by atoms with van der Waals surface area (Å²) < 4.78 is 292. The first-order valence-corrected chi connectivity index (χ1v) is 27.5. The molecule has 0 saturated carbocycles. The zero-order valence-corrected chi connectivity index (χ0v) is 49.3. The van der Waals surface area contributed by atoms with Gasteiger partial charge < -0.3 is 13.9 Å². The molecule has 430 valence electrons. The van der Waals surface area contributed by atoms with Crippen molar-refractivity contribution in [1.29, 1.82) is 0 Å². The summed E-state index contributed by atoms with van der Waals surface area (Å²) in [6.45, 7) is 2.83. The van der Waals surface area contributed by atoms with Crippen molar-refractivity contribution in [1.82, 2.24) is 14.1 Å². The molecule has 0 radical (unpaired) electrons. The van der Waals surface area contributed by atoms with E-state index in [1.807, 2.05) is 32.9 Å². The van der Waals surface area contributed by atoms with Crippen LogP contribution in [0.25, 0.3) is 128 Å². The van der Waals surface area contributed by atoms with Crippen molar-refractivity contribution in [2.75, 3.05) is 0 Å². The van der Waals surface area contributed by atoms with Gasteiger partial charge in [-0.15, -0.1) is 29.7 Å². The first-order chi connectivity index (χ1) is 56.0. The topological polar surface area (TPSA) is 35.9 Å². The average molecular weight is 1360 g/mol. The zero-order valence-electron chi connectivity index (χ0n) is 78.1. The standard InChI is InChI=1S/C83H60N4O.Pt/c1-56-44-81(84-54-76(56)61-32-18-9-19-33-61)87-77-39-21-20-38-72(77)73-42-41-71(53-79(73)87)88-70-37-23-36-69(52-70)85-55-86(78-43-40-62(51-80(78)85)57-24-10-5-11-25-57)82-74(63-34-22-35-68(48-63)83(2,3)4)49-66(60-30-16-8-17-31-60)50-75(82)67-46-64(58-26-12-6-13-27-58)45-65(47-67)59-28-14-7-15-29-59;/h5-51,54H,1-4H3;/q-2;/i1D3,5D,6D,7D,8D,9D,10D,11D,12D,13D,14D,15D,16D,17D,18D,19D,24D,25D,26D,27D,28D,29D,30D,31D,32D,33D,45D,46D,47D;. The molecule has 0 aliphatic heterocycles. The number of fused-ring (bicyclic) bond motifs is 4. The summed E-state index contributed by atoms with van der Waals surface area (Å²) >= 11 is 0. The molecule has 0 spiro atoms. The number of hydrogen-bond donors (Lipinski definition) is 0. The summed E-state index contributed by atoms with van der Waals surface area (Å²) in [6.07, 6.45) is 4.56. The Balaban J connectivity index is 0.0000118. The van der Waals surface area contributed by atoms with Crippen LogP contribution in [0.5, 0.6) is 11.5 Å². The molecule has 0 atom stereocenters. The van der Waals surface area contributed by atoms with Gasteiger partial charge in [0.05, 0.1) is 55.1 Å². The van der Waals surface area contributed by atoms with Gasteiger partial charge in [0.1, 0.15) is 5.82 Å². The zero-order chi connectivity index (χ0) is 86.2. The van der Waals surface area contributed by atoms with Crippen LogP contribution in [-0.4, -0.2) is 14.1 Å². The monoisotopic (exact) mass is 1350 g/mol. The molecule has 0 unspecified atom stereocenters. The SMILES string of the molecule is [2H]c1c([2H])c([2H])c(-c2cc(-c3cccc(C(C)(C)C)c3)c(-[n+]3[c-]n(-c4[c-]c(Oc5[c-]c6c(cc5)c5ccccc5n6-c5cc(C([2H])([2H])[2H])c(-c6c([2H])c([2H])c([2H])c([2H])c6[2H])cn5)ccc4)c4cc(-c5c([2H])c([2H])c([2H])c([2H])c5[2H])ccc43)c(-c3c([2H])c(-c4c([2H])c([2H])c([2H])c([2H])c4[2H])c([2H])c(-c4c([2H])c([2H])c([2H])c([2H])c4[2H])c3[2H])c2)c([2H])c1[2H].[Pt]. The van der Waals surface area contributed by atoms with Gasteiger partial charge in [0, 0.05) is 54.0 Å². The minimum absolute atomic E-state index is 0. The van der Waals surface area contributed by atoms with E-state index in [0.717, 1.165) is 6.20 Å². The third kappa shape index (κ3) is 10.9. The van der Waals surface area contributed by atoms with Gasteiger partial charge in [0.25, 0.3) is 6.33 Å². The summed E-state index contributed by atoms with van der Waals surface area (Å²) in [5.41, 5.74) is -4.76. The maximum atomic E-state index is 10.6. The Hall–Kier alpha value is -10.5. The number of nitrogens with zero attached hydrogens (tertiary/aromatic N) is 4. The Bertz CT molecular complexity index is 6750. The van der Waals surface area contributed by atoms with Crippen molar-refractivity contribution < 1.29 is 72.9 Å². The molecule has 5 nitrogen and oxygen atoms in total. The Morgan fingerprint density at radius 2 is 1.06 bits per heavy atom. The summed E-state index contributed by atoms with van der Waals surface area (Å²) in [5.74, 6) is 0.0422. The van der Waals surface area contributed by atoms with Crippen LogP contribution >= 0.6 is 0 Å². The Labute approximate surface area is 577 Å². The van der Waals surface area contributed by atoms with E-state index in [0.29, 0.717) is 32.9 Å². The normalized spacial score (nSPS) is 16.6. The molecule has 15 rings (SSSR count). The van der Waals surface area contributed by atoms with E-state index in [-0.39, 0.29) is 105 Å². The van der Waals surface area contributed by atoms with E-state index >= 15 is 0 Å². The van der Waals surface area contributed by atoms with Crippen LogP contribution < -0.4 is 9.30 Å². The van der Waals surface area contributed by atoms with Crippen LogP contribution in [0.15, 0.2) is 291 Å². The second kappa shape index (κ2) is 23.7. The number of imidazole rings is 1. The van der Waals surface area contributed by atoms with Crippen molar-refractivity contribution in [2.45, 2.75) is 33.0 Å². The first kappa shape index (κ1) is 31.5. The molecule has 12 aromatic carbocycles. The van der Waals surface area contributed by atoms with E-state index in [2.05, 4.69) is 23.4 Å². The molecule has 0 saturated heterocycles. The molecule has 6 heteroatoms. The maximum absolute atomic E-state index is 10.6. The Morgan fingerprint density at radius 3 is 1.71 bits per heavy atom. The smallest absolute Gasteiger partial charge is 0.268 e. The van der Waals surface area contributed by atoms with E-state index in [9.17, 15) is 15.1 Å². The first-order valence-electron chi connectivity index (χ1n) is 43.0. The molecule has 0 amide bonds. The molecule has 0 aliphatic rings. The predicted octanol–water partition coefficient (Wildman–Crippen LogP) is 20.9. The molecule has 15 aromatic rings. The minimum atomic E-state index is -2.94. The van der Waals surface area contributed by atoms with E-state index in [4.69, 9.17) is 32.2 Å². The molecule has 0 fully saturated rings. The predicted molar refractivity (Wildman–Crippen MR) is 361 cm³/mol. The van der Waals surface area contributed by atoms with Crippen LogP contribution in [-0.2, 0) is 26.5 Å². The molecule has 0 aliphatic carbocycles. The second-order valence-electron chi connectivity index (χ2n) is 21.3. The van der Waals surface area contributed by atoms with E-state index in [1.165, 1.54) is 51.6 Å². The number of benzene rings is 12. The van der Waals surface area contributed by atoms with Crippen LogP contribution in [0, 0.1) is 25.3 Å². The quantitative estimate of drug-likeness (QED) is 0.0903. The summed E-state index contributed by atoms with van der Waals surface area (Å²) in [5, 5.41) is 1.24. The molecular formula is C83H60N4OPt-2. The third-order valence-corrected chi connectivity index (χ3v) is 14.8. The fraction of sp³-hybridized carbons (Fsp3) is 0.0602. The molecule has 3 heterocycles. The van der Waals surface area contributed by atoms with Crippen LogP contribution in [0.4, 0.5) is 0 Å². The number of aromatic nitrogens is 4. The largest absolute Gasteiger partial charge is 0.510 e. The van der Waals surface area contributed by atoms with E-state index < -0.39 is 215 Å². The van der Waals surface area contributed by atoms with Crippen molar-refractivity contribution in [3.63, 3.8) is 0 Å². The van der Waals surface area contributed by atoms with Gasteiger partial charge in [-0.3, -0.25) is 4.57 Å². The van der Waals surface area contributed by atoms with Crippen molar-refractivity contribution in [3.8, 4) is 107 Å². The number of hydrogen-bond acceptors (Lipinski definition) is 2. The summed E-state index contributed by atoms with van der Waals surface area (Å²) in [6, 6.07) is 14.5. The van der Waals surface area contributed by atoms with Crippen LogP contribution in [0.1, 0.15) is 74.4 Å². The molecule has 0 N–H and O–H groups in total.